The first-order chi connectivity index (χ1) is 13.5. The van der Waals surface area contributed by atoms with E-state index in [4.69, 9.17) is 16.3 Å². The van der Waals surface area contributed by atoms with Crippen LogP contribution in [0.25, 0.3) is 16.8 Å². The van der Waals surface area contributed by atoms with Gasteiger partial charge in [0.15, 0.2) is 0 Å². The summed E-state index contributed by atoms with van der Waals surface area (Å²) in [5, 5.41) is 14.8. The Labute approximate surface area is 169 Å². The second-order valence-electron chi connectivity index (χ2n) is 6.22. The third kappa shape index (κ3) is 4.16. The molecule has 0 heterocycles. The molecular weight excluding hydrogens is 372 g/mol. The fourth-order valence-electron chi connectivity index (χ4n) is 2.87. The van der Waals surface area contributed by atoms with Crippen LogP contribution in [0, 0.1) is 18.3 Å². The van der Waals surface area contributed by atoms with Crippen molar-refractivity contribution in [2.45, 2.75) is 13.8 Å². The molecule has 4 nitrogen and oxygen atoms in total. The van der Waals surface area contributed by atoms with Gasteiger partial charge in [-0.15, -0.1) is 0 Å². The molecule has 0 atom stereocenters. The monoisotopic (exact) mass is 390 g/mol. The molecular formula is C23H19ClN2O2. The predicted octanol–water partition coefficient (Wildman–Crippen LogP) is 5.75. The topological polar surface area (TPSA) is 62.1 Å². The summed E-state index contributed by atoms with van der Waals surface area (Å²) >= 11 is 6.11. The van der Waals surface area contributed by atoms with E-state index in [-0.39, 0.29) is 5.57 Å². The van der Waals surface area contributed by atoms with Crippen molar-refractivity contribution in [3.63, 3.8) is 0 Å². The SMILES string of the molecule is CCOc1ccc2ccccc2c1/C=C(\C#N)C(=O)Nc1ccc(C)c(Cl)c1. The summed E-state index contributed by atoms with van der Waals surface area (Å²) in [4.78, 5) is 12.7. The molecule has 28 heavy (non-hydrogen) atoms. The van der Waals surface area contributed by atoms with Crippen LogP contribution in [0.1, 0.15) is 18.1 Å². The Bertz CT molecular complexity index is 1110. The lowest BCUT2D eigenvalue weighted by Crippen LogP contribution is -2.13. The number of carbonyl (C=O) groups is 1. The lowest BCUT2D eigenvalue weighted by Gasteiger charge is -2.11. The number of nitriles is 1. The van der Waals surface area contributed by atoms with E-state index in [0.717, 1.165) is 16.3 Å². The summed E-state index contributed by atoms with van der Waals surface area (Å²) < 4.78 is 5.71. The van der Waals surface area contributed by atoms with Gasteiger partial charge in [0.25, 0.3) is 5.91 Å². The fourth-order valence-corrected chi connectivity index (χ4v) is 3.05. The highest BCUT2D eigenvalue weighted by Gasteiger charge is 2.14. The molecule has 0 saturated heterocycles. The first kappa shape index (κ1) is 19.5. The van der Waals surface area contributed by atoms with Crippen LogP contribution in [-0.4, -0.2) is 12.5 Å². The van der Waals surface area contributed by atoms with Crippen molar-refractivity contribution in [2.75, 3.05) is 11.9 Å². The molecule has 140 valence electrons. The predicted molar refractivity (Wildman–Crippen MR) is 114 cm³/mol. The Hall–Kier alpha value is -3.29. The van der Waals surface area contributed by atoms with Crippen LogP contribution >= 0.6 is 11.6 Å². The minimum Gasteiger partial charge on any atom is -0.493 e. The summed E-state index contributed by atoms with van der Waals surface area (Å²) in [5.41, 5.74) is 2.13. The third-order valence-electron chi connectivity index (χ3n) is 4.31. The Balaban J connectivity index is 2.02. The summed E-state index contributed by atoms with van der Waals surface area (Å²) in [6, 6.07) is 18.8. The maximum absolute atomic E-state index is 12.7. The van der Waals surface area contributed by atoms with Crippen LogP contribution in [0.5, 0.6) is 5.75 Å². The molecule has 3 aromatic rings. The number of fused-ring (bicyclic) bond motifs is 1. The van der Waals surface area contributed by atoms with Gasteiger partial charge >= 0.3 is 0 Å². The number of hydrogen-bond donors (Lipinski definition) is 1. The molecule has 0 fully saturated rings. The van der Waals surface area contributed by atoms with E-state index < -0.39 is 5.91 Å². The molecule has 0 unspecified atom stereocenters. The summed E-state index contributed by atoms with van der Waals surface area (Å²) in [6.07, 6.45) is 1.57. The highest BCUT2D eigenvalue weighted by molar-refractivity contribution is 6.31. The third-order valence-corrected chi connectivity index (χ3v) is 4.72. The van der Waals surface area contributed by atoms with Gasteiger partial charge in [-0.25, -0.2) is 0 Å². The highest BCUT2D eigenvalue weighted by Crippen LogP contribution is 2.30. The molecule has 1 N–H and O–H groups in total. The van der Waals surface area contributed by atoms with Crippen molar-refractivity contribution in [3.05, 3.63) is 76.3 Å². The molecule has 1 amide bonds. The number of halogens is 1. The highest BCUT2D eigenvalue weighted by atomic mass is 35.5. The zero-order valence-electron chi connectivity index (χ0n) is 15.6. The van der Waals surface area contributed by atoms with Crippen molar-refractivity contribution in [1.29, 1.82) is 5.26 Å². The van der Waals surface area contributed by atoms with Crippen LogP contribution in [0.15, 0.2) is 60.2 Å². The van der Waals surface area contributed by atoms with Gasteiger partial charge in [-0.2, -0.15) is 5.26 Å². The van der Waals surface area contributed by atoms with E-state index in [1.165, 1.54) is 0 Å². The molecule has 0 aromatic heterocycles. The number of nitrogens with one attached hydrogen (secondary N) is 1. The van der Waals surface area contributed by atoms with E-state index in [2.05, 4.69) is 5.32 Å². The molecule has 0 aliphatic heterocycles. The normalized spacial score (nSPS) is 11.1. The zero-order chi connectivity index (χ0) is 20.1. The van der Waals surface area contributed by atoms with E-state index in [0.29, 0.717) is 28.6 Å². The number of benzene rings is 3. The maximum Gasteiger partial charge on any atom is 0.266 e. The zero-order valence-corrected chi connectivity index (χ0v) is 16.4. The summed E-state index contributed by atoms with van der Waals surface area (Å²) in [5.74, 6) is 0.123. The largest absolute Gasteiger partial charge is 0.493 e. The van der Waals surface area contributed by atoms with Crippen LogP contribution in [0.2, 0.25) is 5.02 Å². The Morgan fingerprint density at radius 1 is 1.21 bits per heavy atom. The van der Waals surface area contributed by atoms with Crippen molar-refractivity contribution >= 4 is 40.0 Å². The van der Waals surface area contributed by atoms with E-state index in [1.807, 2.05) is 62.4 Å². The average molecular weight is 391 g/mol. The van der Waals surface area contributed by atoms with E-state index in [9.17, 15) is 10.1 Å². The van der Waals surface area contributed by atoms with Crippen molar-refractivity contribution in [1.82, 2.24) is 0 Å². The Kier molecular flexibility index (Phi) is 5.98. The Morgan fingerprint density at radius 3 is 2.71 bits per heavy atom. The second kappa shape index (κ2) is 8.60. The molecule has 0 bridgehead atoms. The van der Waals surface area contributed by atoms with Gasteiger partial charge in [-0.05, 0) is 54.5 Å². The molecule has 0 aliphatic rings. The molecule has 0 radical (unpaired) electrons. The van der Waals surface area contributed by atoms with Gasteiger partial charge in [0.1, 0.15) is 17.4 Å². The van der Waals surface area contributed by atoms with Gasteiger partial charge in [0.05, 0.1) is 6.61 Å². The number of anilines is 1. The number of hydrogen-bond acceptors (Lipinski definition) is 3. The van der Waals surface area contributed by atoms with E-state index >= 15 is 0 Å². The fraction of sp³-hybridized carbons (Fsp3) is 0.130. The van der Waals surface area contributed by atoms with Gasteiger partial charge in [-0.1, -0.05) is 48.0 Å². The quantitative estimate of drug-likeness (QED) is 0.446. The number of carbonyl (C=O) groups excluding carboxylic acids is 1. The first-order valence-corrected chi connectivity index (χ1v) is 9.25. The van der Waals surface area contributed by atoms with Crippen molar-refractivity contribution in [3.8, 4) is 11.8 Å². The minimum absolute atomic E-state index is 0.0194. The number of nitrogens with zero attached hydrogens (tertiary/aromatic N) is 1. The van der Waals surface area contributed by atoms with Crippen LogP contribution in [0.4, 0.5) is 5.69 Å². The van der Waals surface area contributed by atoms with Crippen molar-refractivity contribution in [2.24, 2.45) is 0 Å². The van der Waals surface area contributed by atoms with E-state index in [1.54, 1.807) is 18.2 Å². The standard InChI is InChI=1S/C23H19ClN2O2/c1-3-28-22-11-9-16-6-4-5-7-19(16)20(22)12-17(14-25)23(27)26-18-10-8-15(2)21(24)13-18/h4-13H,3H2,1-2H3,(H,26,27)/b17-12+. The van der Waals surface area contributed by atoms with Gasteiger partial charge < -0.3 is 10.1 Å². The van der Waals surface area contributed by atoms with Gasteiger partial charge in [0.2, 0.25) is 0 Å². The van der Waals surface area contributed by atoms with Crippen LogP contribution < -0.4 is 10.1 Å². The number of ether oxygens (including phenoxy) is 1. The number of aryl methyl sites for hydroxylation is 1. The number of rotatable bonds is 5. The second-order valence-corrected chi connectivity index (χ2v) is 6.63. The average Bonchev–Trinajstić information content (AvgIpc) is 2.70. The number of amides is 1. The summed E-state index contributed by atoms with van der Waals surface area (Å²) in [7, 11) is 0. The molecule has 3 aromatic carbocycles. The smallest absolute Gasteiger partial charge is 0.266 e. The minimum atomic E-state index is -0.502. The lowest BCUT2D eigenvalue weighted by atomic mass is 10.0. The van der Waals surface area contributed by atoms with Crippen LogP contribution in [-0.2, 0) is 4.79 Å². The van der Waals surface area contributed by atoms with Gasteiger partial charge in [-0.3, -0.25) is 4.79 Å². The molecule has 0 saturated carbocycles. The molecule has 0 aliphatic carbocycles. The Morgan fingerprint density at radius 2 is 2.00 bits per heavy atom. The molecule has 5 heteroatoms. The maximum atomic E-state index is 12.7. The molecule has 3 rings (SSSR count). The van der Waals surface area contributed by atoms with Gasteiger partial charge in [0, 0.05) is 16.3 Å². The molecule has 0 spiro atoms. The van der Waals surface area contributed by atoms with Crippen LogP contribution in [0.3, 0.4) is 0 Å². The lowest BCUT2D eigenvalue weighted by molar-refractivity contribution is -0.112. The van der Waals surface area contributed by atoms with Crippen molar-refractivity contribution < 1.29 is 9.53 Å². The first-order valence-electron chi connectivity index (χ1n) is 8.87. The summed E-state index contributed by atoms with van der Waals surface area (Å²) in [6.45, 7) is 4.25.